The molecule has 1 fully saturated rings. The largest absolute Gasteiger partial charge is 0.310 e. The summed E-state index contributed by atoms with van der Waals surface area (Å²) in [5.74, 6) is 1.61. The highest BCUT2D eigenvalue weighted by Crippen LogP contribution is 2.43. The van der Waals surface area contributed by atoms with Gasteiger partial charge in [-0.05, 0) is 42.0 Å². The Morgan fingerprint density at radius 2 is 2.22 bits per heavy atom. The van der Waals surface area contributed by atoms with Crippen LogP contribution in [0, 0.1) is 5.92 Å². The molecular formula is C12H23N5S. The van der Waals surface area contributed by atoms with Gasteiger partial charge in [0, 0.05) is 4.75 Å². The lowest BCUT2D eigenvalue weighted by Gasteiger charge is -2.40. The Kier molecular flexibility index (Phi) is 4.61. The predicted octanol–water partition coefficient (Wildman–Crippen LogP) is 1.70. The molecule has 6 heteroatoms. The molecule has 0 aromatic carbocycles. The summed E-state index contributed by atoms with van der Waals surface area (Å²) in [7, 11) is 0. The highest BCUT2D eigenvalue weighted by molar-refractivity contribution is 8.00. The smallest absolute Gasteiger partial charge is 0.165 e. The van der Waals surface area contributed by atoms with Gasteiger partial charge in [-0.3, -0.25) is 0 Å². The van der Waals surface area contributed by atoms with Crippen LogP contribution in [0.15, 0.2) is 0 Å². The molecule has 0 amide bonds. The maximum absolute atomic E-state index is 4.13. The molecule has 18 heavy (non-hydrogen) atoms. The van der Waals surface area contributed by atoms with E-state index < -0.39 is 0 Å². The molecular weight excluding hydrogens is 246 g/mol. The van der Waals surface area contributed by atoms with E-state index in [2.05, 4.69) is 40.9 Å². The van der Waals surface area contributed by atoms with Crippen LogP contribution < -0.4 is 5.32 Å². The maximum atomic E-state index is 4.13. The molecule has 1 heterocycles. The summed E-state index contributed by atoms with van der Waals surface area (Å²) in [6.07, 6.45) is 6.10. The van der Waals surface area contributed by atoms with Crippen LogP contribution in [0.1, 0.15) is 38.9 Å². The average Bonchev–Trinajstić information content (AvgIpc) is 2.70. The van der Waals surface area contributed by atoms with Gasteiger partial charge < -0.3 is 5.32 Å². The lowest BCUT2D eigenvalue weighted by molar-refractivity contribution is 0.302. The first-order valence-electron chi connectivity index (χ1n) is 6.66. The average molecular weight is 269 g/mol. The van der Waals surface area contributed by atoms with E-state index in [4.69, 9.17) is 0 Å². The normalized spacial score (nSPS) is 18.0. The zero-order valence-electron chi connectivity index (χ0n) is 11.5. The van der Waals surface area contributed by atoms with Crippen LogP contribution in [-0.4, -0.2) is 37.8 Å². The SMILES string of the molecule is CSC1(Cn2nnnc2CNCC(C)C)CCC1. The summed E-state index contributed by atoms with van der Waals surface area (Å²) in [6, 6.07) is 0. The van der Waals surface area contributed by atoms with Crippen LogP contribution in [0.5, 0.6) is 0 Å². The number of tetrazole rings is 1. The van der Waals surface area contributed by atoms with Crippen molar-refractivity contribution in [2.75, 3.05) is 12.8 Å². The molecule has 5 nitrogen and oxygen atoms in total. The van der Waals surface area contributed by atoms with Crippen molar-refractivity contribution < 1.29 is 0 Å². The fourth-order valence-corrected chi connectivity index (χ4v) is 3.16. The van der Waals surface area contributed by atoms with Gasteiger partial charge in [-0.2, -0.15) is 11.8 Å². The minimum Gasteiger partial charge on any atom is -0.310 e. The summed E-state index contributed by atoms with van der Waals surface area (Å²) < 4.78 is 2.35. The Morgan fingerprint density at radius 1 is 1.44 bits per heavy atom. The molecule has 1 aromatic heterocycles. The molecule has 0 saturated heterocycles. The first-order chi connectivity index (χ1) is 8.65. The number of nitrogens with one attached hydrogen (secondary N) is 1. The van der Waals surface area contributed by atoms with E-state index in [9.17, 15) is 0 Å². The third-order valence-corrected chi connectivity index (χ3v) is 4.98. The molecule has 0 radical (unpaired) electrons. The van der Waals surface area contributed by atoms with Gasteiger partial charge in [0.05, 0.1) is 13.1 Å². The molecule has 1 saturated carbocycles. The zero-order chi connectivity index (χ0) is 13.0. The van der Waals surface area contributed by atoms with Crippen LogP contribution in [0.4, 0.5) is 0 Å². The summed E-state index contributed by atoms with van der Waals surface area (Å²) >= 11 is 1.96. The Bertz CT molecular complexity index is 367. The first-order valence-corrected chi connectivity index (χ1v) is 7.88. The molecule has 0 atom stereocenters. The Labute approximate surface area is 113 Å². The van der Waals surface area contributed by atoms with E-state index in [1.54, 1.807) is 0 Å². The van der Waals surface area contributed by atoms with Crippen molar-refractivity contribution in [3.05, 3.63) is 5.82 Å². The van der Waals surface area contributed by atoms with Gasteiger partial charge >= 0.3 is 0 Å². The molecule has 1 aromatic rings. The van der Waals surface area contributed by atoms with Crippen molar-refractivity contribution in [3.63, 3.8) is 0 Å². The second kappa shape index (κ2) is 6.02. The van der Waals surface area contributed by atoms with Crippen molar-refractivity contribution in [1.29, 1.82) is 0 Å². The molecule has 1 aliphatic carbocycles. The Hall–Kier alpha value is -0.620. The van der Waals surface area contributed by atoms with Crippen molar-refractivity contribution in [2.45, 2.75) is 50.9 Å². The molecule has 102 valence electrons. The van der Waals surface area contributed by atoms with Crippen LogP contribution in [-0.2, 0) is 13.1 Å². The minimum absolute atomic E-state index is 0.377. The summed E-state index contributed by atoms with van der Waals surface area (Å²) in [5, 5.41) is 15.5. The van der Waals surface area contributed by atoms with Crippen molar-refractivity contribution >= 4 is 11.8 Å². The van der Waals surface area contributed by atoms with E-state index in [1.165, 1.54) is 19.3 Å². The van der Waals surface area contributed by atoms with Crippen LogP contribution >= 0.6 is 11.8 Å². The number of hydrogen-bond acceptors (Lipinski definition) is 5. The number of thioether (sulfide) groups is 1. The van der Waals surface area contributed by atoms with Crippen molar-refractivity contribution in [2.24, 2.45) is 5.92 Å². The summed E-state index contributed by atoms with van der Waals surface area (Å²) in [5.41, 5.74) is 0. The third kappa shape index (κ3) is 3.23. The van der Waals surface area contributed by atoms with Gasteiger partial charge in [-0.25, -0.2) is 4.68 Å². The van der Waals surface area contributed by atoms with Crippen LogP contribution in [0.25, 0.3) is 0 Å². The highest BCUT2D eigenvalue weighted by Gasteiger charge is 2.37. The van der Waals surface area contributed by atoms with E-state index in [0.29, 0.717) is 10.7 Å². The van der Waals surface area contributed by atoms with Crippen molar-refractivity contribution in [3.8, 4) is 0 Å². The van der Waals surface area contributed by atoms with Gasteiger partial charge in [0.2, 0.25) is 0 Å². The standard InChI is InChI=1S/C12H23N5S/c1-10(2)7-13-8-11-14-15-16-17(11)9-12(18-3)5-4-6-12/h10,13H,4-9H2,1-3H3. The van der Waals surface area contributed by atoms with E-state index in [1.807, 2.05) is 16.4 Å². The van der Waals surface area contributed by atoms with Gasteiger partial charge in [0.25, 0.3) is 0 Å². The molecule has 0 unspecified atom stereocenters. The number of nitrogens with zero attached hydrogens (tertiary/aromatic N) is 4. The molecule has 0 bridgehead atoms. The van der Waals surface area contributed by atoms with Gasteiger partial charge in [0.1, 0.15) is 0 Å². The highest BCUT2D eigenvalue weighted by atomic mass is 32.2. The van der Waals surface area contributed by atoms with E-state index in [0.717, 1.165) is 25.5 Å². The first kappa shape index (κ1) is 13.8. The third-order valence-electron chi connectivity index (χ3n) is 3.58. The Morgan fingerprint density at radius 3 is 2.78 bits per heavy atom. The maximum Gasteiger partial charge on any atom is 0.165 e. The molecule has 0 aliphatic heterocycles. The summed E-state index contributed by atoms with van der Waals surface area (Å²) in [4.78, 5) is 0. The number of hydrogen-bond donors (Lipinski definition) is 1. The van der Waals surface area contributed by atoms with E-state index >= 15 is 0 Å². The zero-order valence-corrected chi connectivity index (χ0v) is 12.3. The second-order valence-corrected chi connectivity index (χ2v) is 6.79. The fraction of sp³-hybridized carbons (Fsp3) is 0.917. The molecule has 1 aliphatic rings. The monoisotopic (exact) mass is 269 g/mol. The number of rotatable bonds is 7. The summed E-state index contributed by atoms with van der Waals surface area (Å²) in [6.45, 7) is 7.11. The minimum atomic E-state index is 0.377. The van der Waals surface area contributed by atoms with Crippen LogP contribution in [0.2, 0.25) is 0 Å². The quantitative estimate of drug-likeness (QED) is 0.816. The second-order valence-electron chi connectivity index (χ2n) is 5.52. The molecule has 1 N–H and O–H groups in total. The number of aromatic nitrogens is 4. The van der Waals surface area contributed by atoms with Crippen molar-refractivity contribution in [1.82, 2.24) is 25.5 Å². The predicted molar refractivity (Wildman–Crippen MR) is 74.5 cm³/mol. The van der Waals surface area contributed by atoms with Gasteiger partial charge in [0.15, 0.2) is 5.82 Å². The molecule has 2 rings (SSSR count). The van der Waals surface area contributed by atoms with Crippen LogP contribution in [0.3, 0.4) is 0 Å². The lowest BCUT2D eigenvalue weighted by atomic mass is 9.84. The Balaban J connectivity index is 1.91. The molecule has 0 spiro atoms. The lowest BCUT2D eigenvalue weighted by Crippen LogP contribution is -2.39. The topological polar surface area (TPSA) is 55.6 Å². The van der Waals surface area contributed by atoms with E-state index in [-0.39, 0.29) is 0 Å². The van der Waals surface area contributed by atoms with Gasteiger partial charge in [-0.15, -0.1) is 5.10 Å². The fourth-order valence-electron chi connectivity index (χ4n) is 2.22. The van der Waals surface area contributed by atoms with Gasteiger partial charge in [-0.1, -0.05) is 20.3 Å².